The van der Waals surface area contributed by atoms with Gasteiger partial charge in [0.25, 0.3) is 0 Å². The van der Waals surface area contributed by atoms with Crippen LogP contribution in [0.25, 0.3) is 0 Å². The van der Waals surface area contributed by atoms with Gasteiger partial charge in [-0.15, -0.1) is 0 Å². The lowest BCUT2D eigenvalue weighted by Gasteiger charge is -2.44. The third kappa shape index (κ3) is 1.13. The summed E-state index contributed by atoms with van der Waals surface area (Å²) in [5, 5.41) is 12.7. The Morgan fingerprint density at radius 1 is 1.31 bits per heavy atom. The van der Waals surface area contributed by atoms with E-state index in [-0.39, 0.29) is 17.3 Å². The SMILES string of the molecule is O=C1NCC2(CCC2)N1c1ccccc1O. The molecular weight excluding hydrogens is 204 g/mol. The van der Waals surface area contributed by atoms with Crippen LogP contribution in [0.5, 0.6) is 5.75 Å². The highest BCUT2D eigenvalue weighted by Gasteiger charge is 2.50. The van der Waals surface area contributed by atoms with Crippen molar-refractivity contribution in [1.82, 2.24) is 5.32 Å². The van der Waals surface area contributed by atoms with Crippen molar-refractivity contribution in [2.45, 2.75) is 24.8 Å². The van der Waals surface area contributed by atoms with E-state index in [0.717, 1.165) is 19.3 Å². The van der Waals surface area contributed by atoms with Gasteiger partial charge in [0, 0.05) is 6.54 Å². The molecule has 1 aliphatic carbocycles. The zero-order valence-electron chi connectivity index (χ0n) is 8.94. The minimum absolute atomic E-state index is 0.0874. The smallest absolute Gasteiger partial charge is 0.322 e. The topological polar surface area (TPSA) is 52.6 Å². The van der Waals surface area contributed by atoms with Crippen LogP contribution < -0.4 is 10.2 Å². The summed E-state index contributed by atoms with van der Waals surface area (Å²) in [5.41, 5.74) is 0.535. The zero-order valence-corrected chi connectivity index (χ0v) is 8.94. The van der Waals surface area contributed by atoms with Gasteiger partial charge in [-0.25, -0.2) is 4.79 Å². The van der Waals surface area contributed by atoms with Crippen molar-refractivity contribution < 1.29 is 9.90 Å². The molecule has 1 heterocycles. The average molecular weight is 218 g/mol. The number of rotatable bonds is 1. The van der Waals surface area contributed by atoms with Crippen molar-refractivity contribution in [3.63, 3.8) is 0 Å². The number of hydrogen-bond acceptors (Lipinski definition) is 2. The van der Waals surface area contributed by atoms with Crippen molar-refractivity contribution in [2.24, 2.45) is 0 Å². The summed E-state index contributed by atoms with van der Waals surface area (Å²) in [5.74, 6) is 0.172. The predicted molar refractivity (Wildman–Crippen MR) is 60.6 cm³/mol. The largest absolute Gasteiger partial charge is 0.506 e. The molecule has 3 rings (SSSR count). The number of urea groups is 1. The number of carbonyl (C=O) groups excluding carboxylic acids is 1. The monoisotopic (exact) mass is 218 g/mol. The highest BCUT2D eigenvalue weighted by atomic mass is 16.3. The fourth-order valence-electron chi connectivity index (χ4n) is 2.62. The standard InChI is InChI=1S/C12H14N2O2/c15-10-5-2-1-4-9(10)14-11(16)13-8-12(14)6-3-7-12/h1-2,4-5,15H,3,6-8H2,(H,13,16). The van der Waals surface area contributed by atoms with Crippen LogP contribution in [-0.2, 0) is 0 Å². The molecule has 84 valence electrons. The number of hydrogen-bond donors (Lipinski definition) is 2. The fourth-order valence-corrected chi connectivity index (χ4v) is 2.62. The van der Waals surface area contributed by atoms with Gasteiger partial charge in [0.15, 0.2) is 0 Å². The Morgan fingerprint density at radius 3 is 2.69 bits per heavy atom. The van der Waals surface area contributed by atoms with Crippen molar-refractivity contribution in [1.29, 1.82) is 0 Å². The van der Waals surface area contributed by atoms with E-state index in [0.29, 0.717) is 12.2 Å². The van der Waals surface area contributed by atoms with Gasteiger partial charge in [0.1, 0.15) is 5.75 Å². The minimum atomic E-state index is -0.0961. The van der Waals surface area contributed by atoms with E-state index in [1.165, 1.54) is 0 Å². The second-order valence-electron chi connectivity index (χ2n) is 4.56. The van der Waals surface area contributed by atoms with E-state index in [9.17, 15) is 9.90 Å². The number of anilines is 1. The second-order valence-corrected chi connectivity index (χ2v) is 4.56. The number of nitrogens with one attached hydrogen (secondary N) is 1. The number of aromatic hydroxyl groups is 1. The van der Waals surface area contributed by atoms with Crippen molar-refractivity contribution in [3.05, 3.63) is 24.3 Å². The molecule has 1 saturated carbocycles. The first-order chi connectivity index (χ1) is 7.73. The third-order valence-corrected chi connectivity index (χ3v) is 3.65. The van der Waals surface area contributed by atoms with Crippen LogP contribution in [0.1, 0.15) is 19.3 Å². The van der Waals surface area contributed by atoms with Crippen LogP contribution in [0.2, 0.25) is 0 Å². The van der Waals surface area contributed by atoms with Gasteiger partial charge in [0.05, 0.1) is 11.2 Å². The third-order valence-electron chi connectivity index (χ3n) is 3.65. The first kappa shape index (κ1) is 9.51. The number of nitrogens with zero attached hydrogens (tertiary/aromatic N) is 1. The van der Waals surface area contributed by atoms with E-state index in [1.54, 1.807) is 23.1 Å². The Balaban J connectivity index is 2.04. The van der Waals surface area contributed by atoms with Crippen molar-refractivity contribution >= 4 is 11.7 Å². The summed E-state index contributed by atoms with van der Waals surface area (Å²) >= 11 is 0. The molecule has 16 heavy (non-hydrogen) atoms. The molecule has 1 aromatic carbocycles. The maximum atomic E-state index is 11.8. The molecule has 1 aliphatic heterocycles. The Morgan fingerprint density at radius 2 is 2.06 bits per heavy atom. The molecule has 0 aromatic heterocycles. The molecule has 0 radical (unpaired) electrons. The molecular formula is C12H14N2O2. The first-order valence-electron chi connectivity index (χ1n) is 5.59. The van der Waals surface area contributed by atoms with Crippen molar-refractivity contribution in [3.8, 4) is 5.75 Å². The molecule has 2 fully saturated rings. The predicted octanol–water partition coefficient (Wildman–Crippen LogP) is 1.84. The Labute approximate surface area is 93.9 Å². The molecule has 0 bridgehead atoms. The minimum Gasteiger partial charge on any atom is -0.506 e. The van der Waals surface area contributed by atoms with E-state index in [4.69, 9.17) is 0 Å². The fraction of sp³-hybridized carbons (Fsp3) is 0.417. The highest BCUT2D eigenvalue weighted by Crippen LogP contribution is 2.44. The molecule has 2 amide bonds. The average Bonchev–Trinajstić information content (AvgIpc) is 2.57. The summed E-state index contributed by atoms with van der Waals surface area (Å²) in [6.45, 7) is 0.695. The normalized spacial score (nSPS) is 22.0. The Hall–Kier alpha value is -1.71. The van der Waals surface area contributed by atoms with Crippen LogP contribution in [-0.4, -0.2) is 23.2 Å². The summed E-state index contributed by atoms with van der Waals surface area (Å²) in [4.78, 5) is 13.6. The molecule has 4 heteroatoms. The quantitative estimate of drug-likeness (QED) is 0.755. The van der Waals surface area contributed by atoms with Gasteiger partial charge in [-0.2, -0.15) is 0 Å². The molecule has 2 aliphatic rings. The van der Waals surface area contributed by atoms with Crippen molar-refractivity contribution in [2.75, 3.05) is 11.4 Å². The van der Waals surface area contributed by atoms with Gasteiger partial charge in [-0.3, -0.25) is 4.90 Å². The lowest BCUT2D eigenvalue weighted by molar-refractivity contribution is 0.240. The Bertz CT molecular complexity index is 440. The lowest BCUT2D eigenvalue weighted by Crippen LogP contribution is -2.52. The van der Waals surface area contributed by atoms with E-state index < -0.39 is 0 Å². The number of phenols is 1. The van der Waals surface area contributed by atoms with Crippen LogP contribution in [0.15, 0.2) is 24.3 Å². The number of phenolic OH excluding ortho intramolecular Hbond substituents is 1. The maximum absolute atomic E-state index is 11.8. The van der Waals surface area contributed by atoms with Gasteiger partial charge < -0.3 is 10.4 Å². The lowest BCUT2D eigenvalue weighted by atomic mass is 9.76. The van der Waals surface area contributed by atoms with Crippen LogP contribution in [0.3, 0.4) is 0 Å². The summed E-state index contributed by atoms with van der Waals surface area (Å²) in [6.07, 6.45) is 3.18. The number of amides is 2. The van der Waals surface area contributed by atoms with Gasteiger partial charge in [-0.05, 0) is 31.4 Å². The van der Waals surface area contributed by atoms with Crippen LogP contribution in [0, 0.1) is 0 Å². The molecule has 1 spiro atoms. The molecule has 0 unspecified atom stereocenters. The maximum Gasteiger partial charge on any atom is 0.322 e. The molecule has 2 N–H and O–H groups in total. The van der Waals surface area contributed by atoms with Crippen LogP contribution in [0.4, 0.5) is 10.5 Å². The molecule has 0 atom stereocenters. The van der Waals surface area contributed by atoms with E-state index >= 15 is 0 Å². The summed E-state index contributed by atoms with van der Waals surface area (Å²) < 4.78 is 0. The van der Waals surface area contributed by atoms with Gasteiger partial charge in [0.2, 0.25) is 0 Å². The number of para-hydroxylation sites is 2. The number of carbonyl (C=O) groups is 1. The van der Waals surface area contributed by atoms with E-state index in [1.807, 2.05) is 6.07 Å². The van der Waals surface area contributed by atoms with Crippen LogP contribution >= 0.6 is 0 Å². The Kier molecular flexibility index (Phi) is 1.87. The zero-order chi connectivity index (χ0) is 11.2. The highest BCUT2D eigenvalue weighted by molar-refractivity contribution is 5.97. The van der Waals surface area contributed by atoms with Gasteiger partial charge >= 0.3 is 6.03 Å². The summed E-state index contributed by atoms with van der Waals surface area (Å²) in [7, 11) is 0. The molecule has 4 nitrogen and oxygen atoms in total. The number of benzene rings is 1. The molecule has 1 aromatic rings. The van der Waals surface area contributed by atoms with E-state index in [2.05, 4.69) is 5.32 Å². The molecule has 1 saturated heterocycles. The van der Waals surface area contributed by atoms with Gasteiger partial charge in [-0.1, -0.05) is 12.1 Å². The second kappa shape index (κ2) is 3.14. The summed E-state index contributed by atoms with van der Waals surface area (Å²) in [6, 6.07) is 6.92. The first-order valence-corrected chi connectivity index (χ1v) is 5.59.